The Balaban J connectivity index is 2.05. The molecule has 2 aromatic heterocycles. The van der Waals surface area contributed by atoms with Crippen LogP contribution in [-0.4, -0.2) is 37.8 Å². The zero-order valence-corrected chi connectivity index (χ0v) is 9.54. The molecule has 0 aliphatic carbocycles. The molecule has 0 spiro atoms. The van der Waals surface area contributed by atoms with Gasteiger partial charge in [0, 0.05) is 12.5 Å². The van der Waals surface area contributed by atoms with Crippen LogP contribution in [0.4, 0.5) is 5.95 Å². The highest BCUT2D eigenvalue weighted by Gasteiger charge is 2.28. The molecule has 1 saturated heterocycles. The number of anilines is 1. The molecule has 0 aromatic carbocycles. The Hall–Kier alpha value is -1.93. The minimum Gasteiger partial charge on any atom is -0.396 e. The number of imidazole rings is 1. The summed E-state index contributed by atoms with van der Waals surface area (Å²) in [5.74, 6) is 0.151. The molecule has 0 bridgehead atoms. The molecular formula is C10H13N5O3. The van der Waals surface area contributed by atoms with Crippen molar-refractivity contribution in [1.29, 1.82) is 0 Å². The minimum atomic E-state index is -0.368. The predicted molar refractivity (Wildman–Crippen MR) is 62.7 cm³/mol. The zero-order valence-electron chi connectivity index (χ0n) is 9.54. The van der Waals surface area contributed by atoms with Gasteiger partial charge in [-0.25, -0.2) is 4.98 Å². The molecule has 2 atom stereocenters. The van der Waals surface area contributed by atoms with Crippen molar-refractivity contribution < 1.29 is 9.84 Å². The topological polar surface area (TPSA) is 119 Å². The van der Waals surface area contributed by atoms with E-state index in [1.165, 1.54) is 6.33 Å². The molecule has 0 radical (unpaired) electrons. The van der Waals surface area contributed by atoms with Gasteiger partial charge in [-0.3, -0.25) is 14.3 Å². The summed E-state index contributed by atoms with van der Waals surface area (Å²) < 4.78 is 7.24. The first-order valence-corrected chi connectivity index (χ1v) is 5.64. The number of aromatic amines is 1. The van der Waals surface area contributed by atoms with Gasteiger partial charge in [-0.15, -0.1) is 0 Å². The summed E-state index contributed by atoms with van der Waals surface area (Å²) in [4.78, 5) is 22.1. The average Bonchev–Trinajstić information content (AvgIpc) is 2.93. The fraction of sp³-hybridized carbons (Fsp3) is 0.500. The van der Waals surface area contributed by atoms with E-state index in [1.807, 2.05) is 0 Å². The summed E-state index contributed by atoms with van der Waals surface area (Å²) in [7, 11) is 0. The lowest BCUT2D eigenvalue weighted by atomic mass is 10.1. The number of ether oxygens (including phenoxy) is 1. The highest BCUT2D eigenvalue weighted by atomic mass is 16.5. The molecule has 8 nitrogen and oxygen atoms in total. The Labute approximate surface area is 101 Å². The van der Waals surface area contributed by atoms with E-state index in [0.29, 0.717) is 18.7 Å². The van der Waals surface area contributed by atoms with Gasteiger partial charge in [-0.1, -0.05) is 0 Å². The van der Waals surface area contributed by atoms with E-state index < -0.39 is 0 Å². The van der Waals surface area contributed by atoms with Crippen molar-refractivity contribution in [1.82, 2.24) is 19.5 Å². The summed E-state index contributed by atoms with van der Waals surface area (Å²) >= 11 is 0. The highest BCUT2D eigenvalue weighted by molar-refractivity contribution is 5.70. The predicted octanol–water partition coefficient (Wildman–Crippen LogP) is -0.771. The lowest BCUT2D eigenvalue weighted by molar-refractivity contribution is 0.0551. The van der Waals surface area contributed by atoms with Crippen molar-refractivity contribution in [3.8, 4) is 0 Å². The van der Waals surface area contributed by atoms with E-state index in [2.05, 4.69) is 15.0 Å². The molecule has 3 rings (SSSR count). The largest absolute Gasteiger partial charge is 0.396 e. The van der Waals surface area contributed by atoms with Crippen molar-refractivity contribution in [3.05, 3.63) is 16.7 Å². The van der Waals surface area contributed by atoms with Crippen molar-refractivity contribution in [2.24, 2.45) is 5.92 Å². The maximum atomic E-state index is 11.6. The number of nitrogens with two attached hydrogens (primary N) is 1. The molecule has 1 aliphatic heterocycles. The van der Waals surface area contributed by atoms with E-state index in [1.54, 1.807) is 4.57 Å². The van der Waals surface area contributed by atoms with Crippen LogP contribution in [0.3, 0.4) is 0 Å². The Bertz CT molecular complexity index is 634. The molecule has 18 heavy (non-hydrogen) atoms. The smallest absolute Gasteiger partial charge is 0.280 e. The van der Waals surface area contributed by atoms with Crippen LogP contribution < -0.4 is 11.3 Å². The molecule has 96 valence electrons. The normalized spacial score (nSPS) is 23.8. The lowest BCUT2D eigenvalue weighted by Gasteiger charge is -2.11. The zero-order chi connectivity index (χ0) is 12.7. The van der Waals surface area contributed by atoms with Gasteiger partial charge in [-0.2, -0.15) is 4.98 Å². The van der Waals surface area contributed by atoms with Crippen LogP contribution in [0.1, 0.15) is 12.6 Å². The first-order valence-electron chi connectivity index (χ1n) is 5.64. The summed E-state index contributed by atoms with van der Waals surface area (Å²) in [6.45, 7) is 0.568. The number of nitrogen functional groups attached to an aromatic ring is 1. The third-order valence-electron chi connectivity index (χ3n) is 3.08. The number of fused-ring (bicyclic) bond motifs is 1. The molecule has 0 amide bonds. The number of H-pyrrole nitrogens is 1. The Kier molecular flexibility index (Phi) is 2.53. The van der Waals surface area contributed by atoms with Gasteiger partial charge in [0.05, 0.1) is 12.9 Å². The molecule has 0 saturated carbocycles. The van der Waals surface area contributed by atoms with Gasteiger partial charge in [0.15, 0.2) is 11.2 Å². The highest BCUT2D eigenvalue weighted by Crippen LogP contribution is 2.29. The van der Waals surface area contributed by atoms with Gasteiger partial charge in [-0.05, 0) is 6.42 Å². The maximum absolute atomic E-state index is 11.6. The van der Waals surface area contributed by atoms with E-state index >= 15 is 0 Å². The number of rotatable bonds is 2. The van der Waals surface area contributed by atoms with Gasteiger partial charge in [0.1, 0.15) is 6.23 Å². The summed E-state index contributed by atoms with van der Waals surface area (Å²) in [6, 6.07) is 0. The third-order valence-corrected chi connectivity index (χ3v) is 3.08. The van der Waals surface area contributed by atoms with Crippen molar-refractivity contribution in [2.45, 2.75) is 12.6 Å². The second-order valence-corrected chi connectivity index (χ2v) is 4.35. The first-order chi connectivity index (χ1) is 8.69. The van der Waals surface area contributed by atoms with E-state index in [0.717, 1.165) is 0 Å². The monoisotopic (exact) mass is 251 g/mol. The Morgan fingerprint density at radius 1 is 1.67 bits per heavy atom. The second-order valence-electron chi connectivity index (χ2n) is 4.35. The van der Waals surface area contributed by atoms with Crippen molar-refractivity contribution in [2.75, 3.05) is 18.9 Å². The maximum Gasteiger partial charge on any atom is 0.280 e. The van der Waals surface area contributed by atoms with Crippen LogP contribution in [0, 0.1) is 5.92 Å². The van der Waals surface area contributed by atoms with E-state index in [9.17, 15) is 4.79 Å². The van der Waals surface area contributed by atoms with Crippen LogP contribution in [0.2, 0.25) is 0 Å². The van der Waals surface area contributed by atoms with Crippen molar-refractivity contribution >= 4 is 17.1 Å². The lowest BCUT2D eigenvalue weighted by Crippen LogP contribution is -2.14. The number of hydrogen-bond donors (Lipinski definition) is 3. The quantitative estimate of drug-likeness (QED) is 0.644. The van der Waals surface area contributed by atoms with E-state index in [-0.39, 0.29) is 35.8 Å². The molecule has 3 heterocycles. The van der Waals surface area contributed by atoms with E-state index in [4.69, 9.17) is 15.6 Å². The molecule has 8 heteroatoms. The average molecular weight is 251 g/mol. The third kappa shape index (κ3) is 1.66. The number of aromatic nitrogens is 4. The van der Waals surface area contributed by atoms with Gasteiger partial charge >= 0.3 is 0 Å². The summed E-state index contributed by atoms with van der Waals surface area (Å²) in [5.41, 5.74) is 5.79. The number of hydrogen-bond acceptors (Lipinski definition) is 6. The van der Waals surface area contributed by atoms with Crippen LogP contribution in [-0.2, 0) is 4.74 Å². The van der Waals surface area contributed by atoms with Crippen LogP contribution in [0.15, 0.2) is 11.1 Å². The molecule has 1 fully saturated rings. The number of nitrogens with zero attached hydrogens (tertiary/aromatic N) is 3. The fourth-order valence-electron chi connectivity index (χ4n) is 2.14. The second kappa shape index (κ2) is 4.07. The van der Waals surface area contributed by atoms with Crippen LogP contribution >= 0.6 is 0 Å². The Morgan fingerprint density at radius 3 is 3.22 bits per heavy atom. The van der Waals surface area contributed by atoms with Gasteiger partial charge in [0.25, 0.3) is 5.56 Å². The fourth-order valence-corrected chi connectivity index (χ4v) is 2.14. The minimum absolute atomic E-state index is 0.0472. The molecule has 0 unspecified atom stereocenters. The van der Waals surface area contributed by atoms with Crippen LogP contribution in [0.25, 0.3) is 11.2 Å². The molecule has 4 N–H and O–H groups in total. The Morgan fingerprint density at radius 2 is 2.50 bits per heavy atom. The molecule has 2 aromatic rings. The van der Waals surface area contributed by atoms with Crippen LogP contribution in [0.5, 0.6) is 0 Å². The summed E-state index contributed by atoms with van der Waals surface area (Å²) in [5, 5.41) is 9.09. The first kappa shape index (κ1) is 11.2. The van der Waals surface area contributed by atoms with Gasteiger partial charge in [0.2, 0.25) is 5.95 Å². The molecular weight excluding hydrogens is 238 g/mol. The van der Waals surface area contributed by atoms with Gasteiger partial charge < -0.3 is 15.6 Å². The van der Waals surface area contributed by atoms with Crippen molar-refractivity contribution in [3.63, 3.8) is 0 Å². The molecule has 1 aliphatic rings. The number of aliphatic hydroxyl groups is 1. The number of nitrogens with one attached hydrogen (secondary N) is 1. The SMILES string of the molecule is Nc1nc2c(ncn2[C@@H]2C[C@H](CO)CO2)c(=O)[nH]1. The number of aliphatic hydroxyl groups excluding tert-OH is 1. The summed E-state index contributed by atoms with van der Waals surface area (Å²) in [6.07, 6.45) is 1.91. The standard InChI is InChI=1S/C10H13N5O3/c11-10-13-8-7(9(17)14-10)12-4-15(8)6-1-5(2-16)3-18-6/h4-6,16H,1-3H2,(H3,11,13,14,17)/t5-,6+/m1/s1.